The number of piperidine rings is 1. The fourth-order valence-corrected chi connectivity index (χ4v) is 1.90. The molecule has 5 nitrogen and oxygen atoms in total. The molecule has 1 rings (SSSR count). The molecule has 0 aliphatic carbocycles. The molecule has 0 aromatic heterocycles. The van der Waals surface area contributed by atoms with Crippen LogP contribution in [0.3, 0.4) is 0 Å². The number of nitrogens with two attached hydrogens (primary N) is 1. The SMILES string of the molecule is CC(N)(C(=O)NCCC(=O)N1CCCCC1)C(F)(F)F. The predicted molar refractivity (Wildman–Crippen MR) is 66.7 cm³/mol. The van der Waals surface area contributed by atoms with E-state index in [9.17, 15) is 22.8 Å². The van der Waals surface area contributed by atoms with Gasteiger partial charge in [0, 0.05) is 26.1 Å². The summed E-state index contributed by atoms with van der Waals surface area (Å²) in [5.41, 5.74) is 2.02. The van der Waals surface area contributed by atoms with Crippen molar-refractivity contribution in [2.24, 2.45) is 5.73 Å². The fourth-order valence-electron chi connectivity index (χ4n) is 1.90. The first-order valence-electron chi connectivity index (χ1n) is 6.58. The summed E-state index contributed by atoms with van der Waals surface area (Å²) >= 11 is 0. The van der Waals surface area contributed by atoms with E-state index in [1.165, 1.54) is 0 Å². The maximum absolute atomic E-state index is 12.5. The van der Waals surface area contributed by atoms with Crippen molar-refractivity contribution in [3.63, 3.8) is 0 Å². The van der Waals surface area contributed by atoms with Gasteiger partial charge in [-0.15, -0.1) is 0 Å². The van der Waals surface area contributed by atoms with Crippen molar-refractivity contribution in [2.45, 2.75) is 44.3 Å². The van der Waals surface area contributed by atoms with Crippen LogP contribution in [0.1, 0.15) is 32.6 Å². The molecule has 1 aliphatic heterocycles. The average molecular weight is 295 g/mol. The van der Waals surface area contributed by atoms with Crippen LogP contribution in [0.4, 0.5) is 13.2 Å². The summed E-state index contributed by atoms with van der Waals surface area (Å²) in [5, 5.41) is 2.07. The van der Waals surface area contributed by atoms with Crippen molar-refractivity contribution in [3.05, 3.63) is 0 Å². The van der Waals surface area contributed by atoms with Gasteiger partial charge in [0.1, 0.15) is 0 Å². The number of hydrogen-bond donors (Lipinski definition) is 2. The van der Waals surface area contributed by atoms with Crippen LogP contribution in [0, 0.1) is 0 Å². The van der Waals surface area contributed by atoms with Crippen LogP contribution < -0.4 is 11.1 Å². The van der Waals surface area contributed by atoms with Crippen LogP contribution >= 0.6 is 0 Å². The van der Waals surface area contributed by atoms with Crippen LogP contribution in [0.2, 0.25) is 0 Å². The summed E-state index contributed by atoms with van der Waals surface area (Å²) in [4.78, 5) is 24.8. The highest BCUT2D eigenvalue weighted by Gasteiger charge is 2.53. The molecule has 116 valence electrons. The molecule has 20 heavy (non-hydrogen) atoms. The number of rotatable bonds is 4. The number of carbonyl (C=O) groups is 2. The van der Waals surface area contributed by atoms with E-state index in [1.807, 2.05) is 0 Å². The molecule has 0 spiro atoms. The van der Waals surface area contributed by atoms with Gasteiger partial charge >= 0.3 is 6.18 Å². The summed E-state index contributed by atoms with van der Waals surface area (Å²) < 4.78 is 37.5. The van der Waals surface area contributed by atoms with Gasteiger partial charge in [0.05, 0.1) is 0 Å². The first kappa shape index (κ1) is 16.7. The van der Waals surface area contributed by atoms with E-state index in [4.69, 9.17) is 5.73 Å². The zero-order valence-electron chi connectivity index (χ0n) is 11.4. The lowest BCUT2D eigenvalue weighted by atomic mass is 10.0. The third-order valence-corrected chi connectivity index (χ3v) is 3.39. The molecule has 1 aliphatic rings. The second-order valence-corrected chi connectivity index (χ2v) is 5.15. The second-order valence-electron chi connectivity index (χ2n) is 5.15. The summed E-state index contributed by atoms with van der Waals surface area (Å²) in [6.07, 6.45) is -1.88. The maximum Gasteiger partial charge on any atom is 0.415 e. The third kappa shape index (κ3) is 4.09. The highest BCUT2D eigenvalue weighted by Crippen LogP contribution is 2.27. The van der Waals surface area contributed by atoms with Gasteiger partial charge in [-0.25, -0.2) is 0 Å². The number of hydrogen-bond acceptors (Lipinski definition) is 3. The molecule has 1 fully saturated rings. The molecule has 3 N–H and O–H groups in total. The Balaban J connectivity index is 2.36. The van der Waals surface area contributed by atoms with Crippen molar-refractivity contribution in [1.82, 2.24) is 10.2 Å². The zero-order valence-corrected chi connectivity index (χ0v) is 11.4. The van der Waals surface area contributed by atoms with Gasteiger partial charge in [0.2, 0.25) is 11.8 Å². The molecule has 0 saturated carbocycles. The number of nitrogens with one attached hydrogen (secondary N) is 1. The average Bonchev–Trinajstić information content (AvgIpc) is 2.38. The molecule has 1 unspecified atom stereocenters. The molecule has 0 bridgehead atoms. The number of carbonyl (C=O) groups excluding carboxylic acids is 2. The van der Waals surface area contributed by atoms with Crippen molar-refractivity contribution < 1.29 is 22.8 Å². The minimum absolute atomic E-state index is 0.0142. The Morgan fingerprint density at radius 1 is 1.20 bits per heavy atom. The Kier molecular flexibility index (Phi) is 5.38. The largest absolute Gasteiger partial charge is 0.415 e. The van der Waals surface area contributed by atoms with Crippen molar-refractivity contribution >= 4 is 11.8 Å². The standard InChI is InChI=1S/C12H20F3N3O2/c1-11(16,12(13,14)15)10(20)17-6-5-9(19)18-7-3-2-4-8-18/h2-8,16H2,1H3,(H,17,20). The highest BCUT2D eigenvalue weighted by atomic mass is 19.4. The quantitative estimate of drug-likeness (QED) is 0.805. The Morgan fingerprint density at radius 3 is 2.25 bits per heavy atom. The number of nitrogens with zero attached hydrogens (tertiary/aromatic N) is 1. The molecular weight excluding hydrogens is 275 g/mol. The van der Waals surface area contributed by atoms with Gasteiger partial charge in [0.25, 0.3) is 0 Å². The first-order valence-corrected chi connectivity index (χ1v) is 6.58. The van der Waals surface area contributed by atoms with E-state index >= 15 is 0 Å². The third-order valence-electron chi connectivity index (χ3n) is 3.39. The first-order chi connectivity index (χ1) is 9.16. The highest BCUT2D eigenvalue weighted by molar-refractivity contribution is 5.87. The van der Waals surface area contributed by atoms with E-state index in [0.29, 0.717) is 20.0 Å². The Labute approximate surface area is 115 Å². The fraction of sp³-hybridized carbons (Fsp3) is 0.833. The van der Waals surface area contributed by atoms with Gasteiger partial charge in [-0.1, -0.05) is 0 Å². The Bertz CT molecular complexity index is 363. The van der Waals surface area contributed by atoms with Crippen LogP contribution in [0.15, 0.2) is 0 Å². The van der Waals surface area contributed by atoms with Crippen molar-refractivity contribution in [2.75, 3.05) is 19.6 Å². The van der Waals surface area contributed by atoms with E-state index in [-0.39, 0.29) is 18.9 Å². The number of halogens is 3. The monoisotopic (exact) mass is 295 g/mol. The normalized spacial score (nSPS) is 19.4. The molecule has 2 amide bonds. The lowest BCUT2D eigenvalue weighted by Gasteiger charge is -2.28. The van der Waals surface area contributed by atoms with Gasteiger partial charge in [-0.2, -0.15) is 13.2 Å². The smallest absolute Gasteiger partial charge is 0.354 e. The molecule has 1 heterocycles. The van der Waals surface area contributed by atoms with Crippen LogP contribution in [0.5, 0.6) is 0 Å². The van der Waals surface area contributed by atoms with E-state index in [0.717, 1.165) is 19.3 Å². The van der Waals surface area contributed by atoms with Crippen molar-refractivity contribution in [3.8, 4) is 0 Å². The van der Waals surface area contributed by atoms with E-state index in [2.05, 4.69) is 5.32 Å². The topological polar surface area (TPSA) is 75.4 Å². The number of amides is 2. The van der Waals surface area contributed by atoms with Gasteiger partial charge in [0.15, 0.2) is 5.54 Å². The lowest BCUT2D eigenvalue weighted by Crippen LogP contribution is -2.61. The number of likely N-dealkylation sites (tertiary alicyclic amines) is 1. The molecule has 0 aromatic carbocycles. The summed E-state index contributed by atoms with van der Waals surface area (Å²) in [5.74, 6) is -1.48. The van der Waals surface area contributed by atoms with Crippen LogP contribution in [-0.4, -0.2) is 48.1 Å². The maximum atomic E-state index is 12.5. The van der Waals surface area contributed by atoms with Gasteiger partial charge < -0.3 is 16.0 Å². The van der Waals surface area contributed by atoms with Crippen molar-refractivity contribution in [1.29, 1.82) is 0 Å². The van der Waals surface area contributed by atoms with Gasteiger partial charge in [-0.3, -0.25) is 9.59 Å². The van der Waals surface area contributed by atoms with E-state index in [1.54, 1.807) is 4.90 Å². The Hall–Kier alpha value is -1.31. The summed E-state index contributed by atoms with van der Waals surface area (Å²) in [6.45, 7) is 1.81. The molecule has 0 aromatic rings. The molecule has 1 saturated heterocycles. The summed E-state index contributed by atoms with van der Waals surface area (Å²) in [6, 6.07) is 0. The number of alkyl halides is 3. The molecular formula is C12H20F3N3O2. The minimum Gasteiger partial charge on any atom is -0.354 e. The molecule has 0 radical (unpaired) electrons. The van der Waals surface area contributed by atoms with Crippen LogP contribution in [0.25, 0.3) is 0 Å². The summed E-state index contributed by atoms with van der Waals surface area (Å²) in [7, 11) is 0. The molecule has 1 atom stereocenters. The predicted octanol–water partition coefficient (Wildman–Crippen LogP) is 0.785. The van der Waals surface area contributed by atoms with E-state index < -0.39 is 17.6 Å². The Morgan fingerprint density at radius 2 is 1.75 bits per heavy atom. The molecule has 8 heteroatoms. The second kappa shape index (κ2) is 6.43. The minimum atomic E-state index is -4.83. The van der Waals surface area contributed by atoms with Crippen LogP contribution in [-0.2, 0) is 9.59 Å². The zero-order chi connectivity index (χ0) is 15.4. The lowest BCUT2D eigenvalue weighted by molar-refractivity contribution is -0.187. The van der Waals surface area contributed by atoms with Gasteiger partial charge in [-0.05, 0) is 26.2 Å².